The van der Waals surface area contributed by atoms with Gasteiger partial charge in [0.1, 0.15) is 30.6 Å². The van der Waals surface area contributed by atoms with Crippen molar-refractivity contribution in [3.05, 3.63) is 35.9 Å². The molecule has 1 aliphatic heterocycles. The highest BCUT2D eigenvalue weighted by molar-refractivity contribution is 6.12. The molecule has 1 aromatic rings. The molecule has 87 heavy (non-hydrogen) atoms. The first-order chi connectivity index (χ1) is 41.8. The average molecular weight is 1240 g/mol. The maximum Gasteiger partial charge on any atom is 0.411 e. The number of benzene rings is 1. The first-order valence-corrected chi connectivity index (χ1v) is 29.6. The zero-order valence-electron chi connectivity index (χ0n) is 51.3. The summed E-state index contributed by atoms with van der Waals surface area (Å²) in [6.07, 6.45) is 3.39. The van der Waals surface area contributed by atoms with Gasteiger partial charge >= 0.3 is 18.2 Å². The van der Waals surface area contributed by atoms with Crippen molar-refractivity contribution in [3.63, 3.8) is 0 Å². The number of hydrogen-bond acceptors (Lipinski definition) is 21. The number of nitrogens with zero attached hydrogens (tertiary/aromatic N) is 1. The van der Waals surface area contributed by atoms with Crippen LogP contribution in [0.2, 0.25) is 0 Å². The average Bonchev–Trinajstić information content (AvgIpc) is 4.03. The number of ether oxygens (including phenoxy) is 11. The van der Waals surface area contributed by atoms with Crippen LogP contribution in [0.4, 0.5) is 15.3 Å². The second kappa shape index (κ2) is 47.5. The van der Waals surface area contributed by atoms with Crippen molar-refractivity contribution in [2.24, 2.45) is 5.92 Å². The number of carbonyl (C=O) groups is 9. The number of alkyl carbamates (subject to hydrolysis) is 1. The van der Waals surface area contributed by atoms with E-state index in [2.05, 4.69) is 31.9 Å². The van der Waals surface area contributed by atoms with Crippen LogP contribution >= 0.6 is 0 Å². The Bertz CT molecular complexity index is 2200. The molecule has 0 unspecified atom stereocenters. The third-order valence-corrected chi connectivity index (χ3v) is 12.1. The van der Waals surface area contributed by atoms with Gasteiger partial charge in [0.05, 0.1) is 124 Å². The van der Waals surface area contributed by atoms with E-state index in [-0.39, 0.29) is 108 Å². The fourth-order valence-corrected chi connectivity index (χ4v) is 7.76. The Balaban J connectivity index is 1.37. The Hall–Kier alpha value is -6.57. The van der Waals surface area contributed by atoms with E-state index in [0.717, 1.165) is 4.90 Å². The van der Waals surface area contributed by atoms with Gasteiger partial charge in [0.25, 0.3) is 11.8 Å². The summed E-state index contributed by atoms with van der Waals surface area (Å²) in [5.41, 5.74) is -0.0693. The van der Waals surface area contributed by atoms with Crippen LogP contribution in [-0.2, 0) is 92.1 Å². The number of nitrogens with one attached hydrogen (secondary N) is 6. The molecule has 0 bridgehead atoms. The molecule has 0 saturated heterocycles. The molecule has 1 heterocycles. The number of aromatic hydroxyl groups is 1. The van der Waals surface area contributed by atoms with Crippen LogP contribution in [0.25, 0.3) is 0 Å². The van der Waals surface area contributed by atoms with Gasteiger partial charge < -0.3 is 88.9 Å². The topological polar surface area (TPSA) is 371 Å². The number of amides is 8. The van der Waals surface area contributed by atoms with Crippen molar-refractivity contribution in [3.8, 4) is 5.75 Å². The van der Waals surface area contributed by atoms with Crippen molar-refractivity contribution < 1.29 is 105 Å². The summed E-state index contributed by atoms with van der Waals surface area (Å²) >= 11 is 0. The number of phenolic OH excluding ortho intramolecular Hbond substituents is 1. The number of imide groups is 1. The molecular weight excluding hydrogens is 1150 g/mol. The van der Waals surface area contributed by atoms with Crippen LogP contribution in [0, 0.1) is 5.92 Å². The number of carboxylic acid groups (broad SMARTS) is 1. The third-order valence-electron chi connectivity index (χ3n) is 12.1. The van der Waals surface area contributed by atoms with E-state index in [1.54, 1.807) is 26.8 Å². The Morgan fingerprint density at radius 1 is 0.586 bits per heavy atom. The molecule has 1 aromatic carbocycles. The lowest BCUT2D eigenvalue weighted by atomic mass is 9.96. The Labute approximate surface area is 509 Å². The summed E-state index contributed by atoms with van der Waals surface area (Å²) in [4.78, 5) is 111. The Morgan fingerprint density at radius 3 is 1.61 bits per heavy atom. The first-order valence-electron chi connectivity index (χ1n) is 29.6. The van der Waals surface area contributed by atoms with Crippen LogP contribution in [0.5, 0.6) is 5.75 Å². The lowest BCUT2D eigenvalue weighted by Crippen LogP contribution is -2.47. The van der Waals surface area contributed by atoms with Crippen LogP contribution in [0.3, 0.4) is 0 Å². The molecular formula is C58H95N7O22. The molecule has 8 amide bonds. The van der Waals surface area contributed by atoms with Gasteiger partial charge in [0.15, 0.2) is 0 Å². The van der Waals surface area contributed by atoms with Gasteiger partial charge in [-0.2, -0.15) is 0 Å². The molecule has 29 heteroatoms. The number of carbonyl (C=O) groups excluding carboxylic acids is 8. The number of aliphatic carboxylic acids is 1. The Kier molecular flexibility index (Phi) is 41.8. The van der Waals surface area contributed by atoms with Gasteiger partial charge in [-0.1, -0.05) is 13.0 Å². The lowest BCUT2D eigenvalue weighted by Gasteiger charge is -2.25. The molecule has 3 atom stereocenters. The summed E-state index contributed by atoms with van der Waals surface area (Å²) < 4.78 is 59.8. The fourth-order valence-electron chi connectivity index (χ4n) is 7.76. The zero-order chi connectivity index (χ0) is 63.9. The molecule has 0 aliphatic carbocycles. The van der Waals surface area contributed by atoms with Crippen LogP contribution in [0.1, 0.15) is 91.5 Å². The zero-order valence-corrected chi connectivity index (χ0v) is 51.3. The molecule has 29 nitrogen and oxygen atoms in total. The van der Waals surface area contributed by atoms with Crippen molar-refractivity contribution in [1.82, 2.24) is 31.5 Å². The number of phenols is 1. The second-order valence-electron chi connectivity index (χ2n) is 20.7. The van der Waals surface area contributed by atoms with Crippen LogP contribution < -0.4 is 31.9 Å². The van der Waals surface area contributed by atoms with Gasteiger partial charge in [-0.25, -0.2) is 9.59 Å². The smallest absolute Gasteiger partial charge is 0.411 e. The standard InChI is InChI=1S/C58H95N7O22/c1-6-59-49(67)12-9-19-61-54(72)46(63-50(68)13-10-20-65-52(70)16-17-53(65)71)11-7-8-18-60-51(69)42-85-36-35-83-32-31-81-28-27-79-24-23-77-21-22-78-25-26-80-29-30-82-33-34-84-37-38-86-56(75)64-47-41-44(14-15-48(47)66)40-45(39-43(2)55(73)74)62-57(76)87-58(3,4)5/h14-17,41,43,45-46,66H,6-13,18-40,42H2,1-5H3,(H,59,67)(H,60,69)(H,61,72)(H,62,76)(H,63,68)(H,64,75)(H,73,74)/t43-,45+,46-/m0/s1. The largest absolute Gasteiger partial charge is 0.506 e. The van der Waals surface area contributed by atoms with E-state index >= 15 is 0 Å². The van der Waals surface area contributed by atoms with E-state index < -0.39 is 65.4 Å². The highest BCUT2D eigenvalue weighted by Gasteiger charge is 2.26. The van der Waals surface area contributed by atoms with E-state index in [0.29, 0.717) is 130 Å². The maximum absolute atomic E-state index is 13.0. The van der Waals surface area contributed by atoms with Crippen molar-refractivity contribution in [1.29, 1.82) is 0 Å². The van der Waals surface area contributed by atoms with Gasteiger partial charge in [0.2, 0.25) is 23.6 Å². The molecule has 2 rings (SSSR count). The monoisotopic (exact) mass is 1240 g/mol. The van der Waals surface area contributed by atoms with E-state index in [9.17, 15) is 53.4 Å². The summed E-state index contributed by atoms with van der Waals surface area (Å²) in [5, 5.41) is 35.9. The van der Waals surface area contributed by atoms with Gasteiger partial charge in [-0.15, -0.1) is 0 Å². The van der Waals surface area contributed by atoms with Crippen LogP contribution in [0.15, 0.2) is 30.4 Å². The minimum absolute atomic E-state index is 0.00137. The first kappa shape index (κ1) is 76.5. The van der Waals surface area contributed by atoms with E-state index in [4.69, 9.17) is 52.1 Å². The van der Waals surface area contributed by atoms with Crippen molar-refractivity contribution in [2.45, 2.75) is 110 Å². The molecule has 0 aromatic heterocycles. The molecule has 0 spiro atoms. The van der Waals surface area contributed by atoms with Crippen molar-refractivity contribution >= 4 is 59.3 Å². The molecule has 0 saturated carbocycles. The number of carboxylic acids is 1. The number of unbranched alkanes of at least 4 members (excludes halogenated alkanes) is 1. The minimum Gasteiger partial charge on any atom is -0.506 e. The normalized spacial score (nSPS) is 13.2. The number of hydrogen-bond donors (Lipinski definition) is 8. The molecule has 494 valence electrons. The maximum atomic E-state index is 13.0. The predicted octanol–water partition coefficient (Wildman–Crippen LogP) is 2.15. The summed E-state index contributed by atoms with van der Waals surface area (Å²) in [6, 6.07) is 3.03. The fraction of sp³-hybridized carbons (Fsp3) is 0.707. The summed E-state index contributed by atoms with van der Waals surface area (Å²) in [5.74, 6) is -4.08. The van der Waals surface area contributed by atoms with Gasteiger partial charge in [-0.05, 0) is 90.3 Å². The van der Waals surface area contributed by atoms with Crippen molar-refractivity contribution in [2.75, 3.05) is 157 Å². The molecule has 1 aliphatic rings. The predicted molar refractivity (Wildman–Crippen MR) is 314 cm³/mol. The van der Waals surface area contributed by atoms with E-state index in [1.165, 1.54) is 31.2 Å². The Morgan fingerprint density at radius 2 is 1.09 bits per heavy atom. The summed E-state index contributed by atoms with van der Waals surface area (Å²) in [7, 11) is 0. The van der Waals surface area contributed by atoms with Gasteiger partial charge in [-0.3, -0.25) is 43.8 Å². The highest BCUT2D eigenvalue weighted by Crippen LogP contribution is 2.26. The van der Waals surface area contributed by atoms with E-state index in [1.807, 2.05) is 6.92 Å². The highest BCUT2D eigenvalue weighted by atomic mass is 16.6. The number of rotatable bonds is 52. The minimum atomic E-state index is -1.02. The third kappa shape index (κ3) is 40.5. The lowest BCUT2D eigenvalue weighted by molar-refractivity contribution is -0.141. The molecule has 0 fully saturated rings. The second-order valence-corrected chi connectivity index (χ2v) is 20.7. The quantitative estimate of drug-likeness (QED) is 0.0263. The summed E-state index contributed by atoms with van der Waals surface area (Å²) in [6.45, 7) is 15.1. The number of anilines is 1. The molecule has 8 N–H and O–H groups in total. The SMILES string of the molecule is CCNC(=O)CCCNC(=O)[C@H](CCCCNC(=O)COCCOCCOCCOCCOCCOCCOCCOCCOCCOC(=O)Nc1cc(C[C@@H](C[C@H](C)C(=O)O)NC(=O)OC(C)(C)C)ccc1O)NC(=O)CCCN1C(=O)C=CC1=O. The molecule has 0 radical (unpaired) electrons. The van der Waals surface area contributed by atoms with Crippen LogP contribution in [-0.4, -0.2) is 238 Å². The van der Waals surface area contributed by atoms with Gasteiger partial charge in [0, 0.05) is 57.2 Å².